The van der Waals surface area contributed by atoms with Gasteiger partial charge < -0.3 is 9.84 Å². The maximum Gasteiger partial charge on any atom is 0.342 e. The Morgan fingerprint density at radius 2 is 1.95 bits per heavy atom. The van der Waals surface area contributed by atoms with Crippen LogP contribution < -0.4 is 0 Å². The smallest absolute Gasteiger partial charge is 0.342 e. The average Bonchev–Trinajstić information content (AvgIpc) is 2.29. The summed E-state index contributed by atoms with van der Waals surface area (Å²) in [5, 5.41) is 10.2. The highest BCUT2D eigenvalue weighted by atomic mass is 16.6. The molecule has 0 aromatic heterocycles. The first-order chi connectivity index (χ1) is 8.67. The van der Waals surface area contributed by atoms with Gasteiger partial charge in [-0.3, -0.25) is 0 Å². The summed E-state index contributed by atoms with van der Waals surface area (Å²) in [4.78, 5) is 12.0. The molecule has 0 spiro atoms. The van der Waals surface area contributed by atoms with Crippen LogP contribution in [0.25, 0.3) is 0 Å². The Kier molecular flexibility index (Phi) is 4.61. The van der Waals surface area contributed by atoms with E-state index in [4.69, 9.17) is 4.74 Å². The van der Waals surface area contributed by atoms with Gasteiger partial charge in [0.15, 0.2) is 0 Å². The molecule has 1 N–H and O–H groups in total. The topological polar surface area (TPSA) is 46.5 Å². The van der Waals surface area contributed by atoms with Crippen molar-refractivity contribution in [3.05, 3.63) is 28.8 Å². The third-order valence-electron chi connectivity index (χ3n) is 3.23. The summed E-state index contributed by atoms with van der Waals surface area (Å²) in [5.74, 6) is -0.0885. The standard InChI is InChI=1S/C16H24O3/c1-7-10(2)12-8-9-13(14(17)11(12)3)15(18)19-16(4,5)6/h8-10,17H,7H2,1-6H3. The molecule has 0 aliphatic carbocycles. The third-order valence-corrected chi connectivity index (χ3v) is 3.23. The molecule has 1 rings (SSSR count). The number of hydrogen-bond donors (Lipinski definition) is 1. The van der Waals surface area contributed by atoms with Crippen LogP contribution in [0.2, 0.25) is 0 Å². The number of carbonyl (C=O) groups is 1. The van der Waals surface area contributed by atoms with Crippen molar-refractivity contribution < 1.29 is 14.6 Å². The van der Waals surface area contributed by atoms with E-state index in [1.807, 2.05) is 33.8 Å². The van der Waals surface area contributed by atoms with Crippen molar-refractivity contribution in [1.29, 1.82) is 0 Å². The molecule has 3 heteroatoms. The Hall–Kier alpha value is -1.51. The van der Waals surface area contributed by atoms with E-state index in [1.165, 1.54) is 0 Å². The molecule has 1 aromatic rings. The van der Waals surface area contributed by atoms with Crippen molar-refractivity contribution in [2.45, 2.75) is 59.5 Å². The van der Waals surface area contributed by atoms with Gasteiger partial charge in [-0.2, -0.15) is 0 Å². The number of rotatable bonds is 3. The van der Waals surface area contributed by atoms with E-state index in [2.05, 4.69) is 13.8 Å². The summed E-state index contributed by atoms with van der Waals surface area (Å²) in [6.45, 7) is 11.5. The Morgan fingerprint density at radius 3 is 2.42 bits per heavy atom. The van der Waals surface area contributed by atoms with Gasteiger partial charge in [0, 0.05) is 0 Å². The fraction of sp³-hybridized carbons (Fsp3) is 0.562. The van der Waals surface area contributed by atoms with Crippen LogP contribution in [0, 0.1) is 6.92 Å². The summed E-state index contributed by atoms with van der Waals surface area (Å²) in [7, 11) is 0. The minimum Gasteiger partial charge on any atom is -0.507 e. The van der Waals surface area contributed by atoms with Crippen molar-refractivity contribution in [2.75, 3.05) is 0 Å². The lowest BCUT2D eigenvalue weighted by molar-refractivity contribution is 0.00666. The fourth-order valence-electron chi connectivity index (χ4n) is 1.97. The van der Waals surface area contributed by atoms with Gasteiger partial charge in [0.25, 0.3) is 0 Å². The lowest BCUT2D eigenvalue weighted by atomic mass is 9.92. The van der Waals surface area contributed by atoms with Gasteiger partial charge in [0.1, 0.15) is 16.9 Å². The van der Waals surface area contributed by atoms with Crippen molar-refractivity contribution in [3.63, 3.8) is 0 Å². The molecule has 106 valence electrons. The van der Waals surface area contributed by atoms with Gasteiger partial charge in [-0.05, 0) is 57.2 Å². The van der Waals surface area contributed by atoms with Crippen LogP contribution in [0.5, 0.6) is 5.75 Å². The maximum atomic E-state index is 12.0. The van der Waals surface area contributed by atoms with Gasteiger partial charge in [-0.1, -0.05) is 19.9 Å². The summed E-state index contributed by atoms with van der Waals surface area (Å²) in [6.07, 6.45) is 0.992. The van der Waals surface area contributed by atoms with Crippen molar-refractivity contribution in [2.24, 2.45) is 0 Å². The van der Waals surface area contributed by atoms with Gasteiger partial charge in [-0.15, -0.1) is 0 Å². The zero-order valence-electron chi connectivity index (χ0n) is 12.7. The largest absolute Gasteiger partial charge is 0.507 e. The van der Waals surface area contributed by atoms with E-state index in [9.17, 15) is 9.90 Å². The number of aromatic hydroxyl groups is 1. The molecule has 19 heavy (non-hydrogen) atoms. The number of ether oxygens (including phenoxy) is 1. The quantitative estimate of drug-likeness (QED) is 0.833. The zero-order chi connectivity index (χ0) is 14.8. The van der Waals surface area contributed by atoms with Crippen molar-refractivity contribution in [1.82, 2.24) is 0 Å². The number of carbonyl (C=O) groups excluding carboxylic acids is 1. The van der Waals surface area contributed by atoms with Crippen LogP contribution in [-0.2, 0) is 4.74 Å². The van der Waals surface area contributed by atoms with Crippen LogP contribution in [0.1, 0.15) is 68.4 Å². The number of phenols is 1. The molecule has 3 nitrogen and oxygen atoms in total. The van der Waals surface area contributed by atoms with E-state index < -0.39 is 11.6 Å². The molecule has 0 aliphatic heterocycles. The monoisotopic (exact) mass is 264 g/mol. The predicted molar refractivity (Wildman–Crippen MR) is 76.7 cm³/mol. The molecule has 0 aliphatic rings. The number of esters is 1. The molecule has 1 unspecified atom stereocenters. The first kappa shape index (κ1) is 15.5. The van der Waals surface area contributed by atoms with Gasteiger partial charge >= 0.3 is 5.97 Å². The molecule has 0 heterocycles. The van der Waals surface area contributed by atoms with Gasteiger partial charge in [0.05, 0.1) is 0 Å². The van der Waals surface area contributed by atoms with Crippen molar-refractivity contribution >= 4 is 5.97 Å². The summed E-state index contributed by atoms with van der Waals surface area (Å²) in [5.41, 5.74) is 1.51. The van der Waals surface area contributed by atoms with Crippen LogP contribution in [0.3, 0.4) is 0 Å². The van der Waals surface area contributed by atoms with E-state index >= 15 is 0 Å². The second-order valence-corrected chi connectivity index (χ2v) is 5.99. The molecule has 0 bridgehead atoms. The lowest BCUT2D eigenvalue weighted by Gasteiger charge is -2.21. The highest BCUT2D eigenvalue weighted by molar-refractivity contribution is 5.93. The highest BCUT2D eigenvalue weighted by Crippen LogP contribution is 2.32. The lowest BCUT2D eigenvalue weighted by Crippen LogP contribution is -2.24. The van der Waals surface area contributed by atoms with E-state index in [1.54, 1.807) is 6.07 Å². The van der Waals surface area contributed by atoms with Crippen LogP contribution >= 0.6 is 0 Å². The second-order valence-electron chi connectivity index (χ2n) is 5.99. The molecular weight excluding hydrogens is 240 g/mol. The first-order valence-electron chi connectivity index (χ1n) is 6.73. The molecule has 0 saturated carbocycles. The number of phenolic OH excluding ortho intramolecular Hbond substituents is 1. The third kappa shape index (κ3) is 3.72. The summed E-state index contributed by atoms with van der Waals surface area (Å²) < 4.78 is 5.29. The summed E-state index contributed by atoms with van der Waals surface area (Å²) >= 11 is 0. The van der Waals surface area contributed by atoms with Crippen molar-refractivity contribution in [3.8, 4) is 5.75 Å². The molecule has 0 fully saturated rings. The maximum absolute atomic E-state index is 12.0. The Balaban J connectivity index is 3.13. The average molecular weight is 264 g/mol. The van der Waals surface area contributed by atoms with Gasteiger partial charge in [0.2, 0.25) is 0 Å². The molecule has 0 radical (unpaired) electrons. The predicted octanol–water partition coefficient (Wildman–Crippen LogP) is 4.17. The minimum absolute atomic E-state index is 0.0343. The van der Waals surface area contributed by atoms with Crippen LogP contribution in [0.15, 0.2) is 12.1 Å². The Labute approximate surface area is 115 Å². The fourth-order valence-corrected chi connectivity index (χ4v) is 1.97. The second kappa shape index (κ2) is 5.64. The van der Waals surface area contributed by atoms with E-state index in [-0.39, 0.29) is 11.3 Å². The SMILES string of the molecule is CCC(C)c1ccc(C(=O)OC(C)(C)C)c(O)c1C. The summed E-state index contributed by atoms with van der Waals surface area (Å²) in [6, 6.07) is 3.56. The molecular formula is C16H24O3. The highest BCUT2D eigenvalue weighted by Gasteiger charge is 2.22. The number of benzene rings is 1. The van der Waals surface area contributed by atoms with Gasteiger partial charge in [-0.25, -0.2) is 4.79 Å². The molecule has 1 atom stereocenters. The normalized spacial score (nSPS) is 13.2. The minimum atomic E-state index is -0.563. The van der Waals surface area contributed by atoms with Crippen LogP contribution in [-0.4, -0.2) is 16.7 Å². The Morgan fingerprint density at radius 1 is 1.37 bits per heavy atom. The number of hydrogen-bond acceptors (Lipinski definition) is 3. The molecule has 1 aromatic carbocycles. The van der Waals surface area contributed by atoms with Crippen LogP contribution in [0.4, 0.5) is 0 Å². The van der Waals surface area contributed by atoms with E-state index in [0.29, 0.717) is 5.92 Å². The zero-order valence-corrected chi connectivity index (χ0v) is 12.7. The Bertz CT molecular complexity index is 470. The first-order valence-corrected chi connectivity index (χ1v) is 6.73. The molecule has 0 saturated heterocycles. The van der Waals surface area contributed by atoms with E-state index in [0.717, 1.165) is 17.5 Å². The molecule has 0 amide bonds.